The van der Waals surface area contributed by atoms with Crippen LogP contribution in [-0.4, -0.2) is 47.4 Å². The average Bonchev–Trinajstić information content (AvgIpc) is 3.68. The lowest BCUT2D eigenvalue weighted by molar-refractivity contribution is -0.708. The van der Waals surface area contributed by atoms with Crippen molar-refractivity contribution >= 4 is 23.8 Å². The van der Waals surface area contributed by atoms with Crippen molar-refractivity contribution < 1.29 is 34.0 Å². The topological polar surface area (TPSA) is 133 Å². The van der Waals surface area contributed by atoms with E-state index in [4.69, 9.17) is 15.2 Å². The van der Waals surface area contributed by atoms with Crippen molar-refractivity contribution in [3.05, 3.63) is 58.1 Å². The summed E-state index contributed by atoms with van der Waals surface area (Å²) in [6.45, 7) is 5.10. The molecule has 9 aliphatic rings. The zero-order valence-corrected chi connectivity index (χ0v) is 27.0. The minimum atomic E-state index is -0.751. The number of hydrogen-bond donors (Lipinski definition) is 2. The van der Waals surface area contributed by atoms with Gasteiger partial charge in [0.05, 0.1) is 17.5 Å². The second kappa shape index (κ2) is 11.2. The van der Waals surface area contributed by atoms with Crippen LogP contribution in [0.2, 0.25) is 0 Å². The lowest BCUT2D eigenvalue weighted by atomic mass is 9.42. The molecule has 9 rings (SSSR count). The SMILES string of the molecule is CCCC=C1OC(=O)C2=C1CCC1C3CCC4(C(=CCCC)OC(=O)C4=C3C3C4CC[NH2+]C(N)C4CCC3N3C(=O)C=CC3=O)C21. The molecule has 0 aromatic heterocycles. The van der Waals surface area contributed by atoms with Gasteiger partial charge in [0.15, 0.2) is 0 Å². The molecule has 1 spiro atoms. The number of ether oxygens (including phenoxy) is 2. The molecule has 0 aromatic rings. The van der Waals surface area contributed by atoms with E-state index in [0.29, 0.717) is 23.5 Å². The number of rotatable bonds is 6. The molecular formula is C37H46N3O6+. The van der Waals surface area contributed by atoms with Gasteiger partial charge in [-0.05, 0) is 86.8 Å². The molecule has 4 N–H and O–H groups in total. The van der Waals surface area contributed by atoms with Crippen LogP contribution in [0.3, 0.4) is 0 Å². The smallest absolute Gasteiger partial charge is 0.340 e. The molecule has 244 valence electrons. The normalized spacial score (nSPS) is 41.3. The molecule has 4 fully saturated rings. The number of imide groups is 1. The lowest BCUT2D eigenvalue weighted by Crippen LogP contribution is -2.97. The highest BCUT2D eigenvalue weighted by molar-refractivity contribution is 6.13. The summed E-state index contributed by atoms with van der Waals surface area (Å²) < 4.78 is 12.3. The van der Waals surface area contributed by atoms with Crippen LogP contribution in [0.15, 0.2) is 58.1 Å². The van der Waals surface area contributed by atoms with Crippen molar-refractivity contribution in [2.24, 2.45) is 46.7 Å². The van der Waals surface area contributed by atoms with Crippen molar-refractivity contribution in [2.75, 3.05) is 6.54 Å². The molecule has 0 aromatic carbocycles. The number of carbonyl (C=O) groups is 4. The number of nitrogens with two attached hydrogens (primary N) is 2. The van der Waals surface area contributed by atoms with Crippen LogP contribution < -0.4 is 11.1 Å². The number of carbonyl (C=O) groups excluding carboxylic acids is 4. The predicted molar refractivity (Wildman–Crippen MR) is 167 cm³/mol. The lowest BCUT2D eigenvalue weighted by Gasteiger charge is -2.60. The second-order valence-electron chi connectivity index (χ2n) is 14.8. The zero-order valence-electron chi connectivity index (χ0n) is 27.0. The largest absolute Gasteiger partial charge is 0.427 e. The van der Waals surface area contributed by atoms with Crippen LogP contribution in [0.5, 0.6) is 0 Å². The third-order valence-corrected chi connectivity index (χ3v) is 12.8. The molecule has 9 heteroatoms. The Balaban J connectivity index is 1.35. The fraction of sp³-hybridized carbons (Fsp3) is 0.622. The first-order valence-electron chi connectivity index (χ1n) is 17.8. The highest BCUT2D eigenvalue weighted by Crippen LogP contribution is 2.72. The van der Waals surface area contributed by atoms with E-state index < -0.39 is 5.41 Å². The first-order valence-corrected chi connectivity index (χ1v) is 17.8. The van der Waals surface area contributed by atoms with Crippen LogP contribution in [0.25, 0.3) is 0 Å². The van der Waals surface area contributed by atoms with E-state index in [9.17, 15) is 19.2 Å². The summed E-state index contributed by atoms with van der Waals surface area (Å²) in [7, 11) is 0. The molecule has 9 unspecified atom stereocenters. The van der Waals surface area contributed by atoms with Gasteiger partial charge < -0.3 is 14.8 Å². The van der Waals surface area contributed by atoms with Gasteiger partial charge in [0, 0.05) is 53.5 Å². The fourth-order valence-electron chi connectivity index (χ4n) is 11.2. The Hall–Kier alpha value is -3.30. The summed E-state index contributed by atoms with van der Waals surface area (Å²) in [5.74, 6) is 0.469. The molecule has 0 radical (unpaired) electrons. The summed E-state index contributed by atoms with van der Waals surface area (Å²) in [6.07, 6.45) is 16.0. The molecule has 46 heavy (non-hydrogen) atoms. The number of nitrogens with zero attached hydrogens (tertiary/aromatic N) is 1. The standard InChI is InChI=1S/C37H45N3O6/c1-3-5-7-25-23-10-9-21-19-15-17-37(32(21)31(23)35(43)45-25)26(8-6-4-2)46-36(44)33(37)30(19)29-20-16-18-39-34(38)22(20)11-12-24(29)40-27(41)13-14-28(40)42/h7-8,13-14,19-22,24,29,32,34,39H,3-6,9-12,15-18,38H2,1-2H3/p+1. The summed E-state index contributed by atoms with van der Waals surface area (Å²) in [6, 6.07) is -0.339. The number of unbranched alkanes of at least 4 members (excludes halogenated alkanes) is 2. The maximum Gasteiger partial charge on any atom is 0.340 e. The average molecular weight is 629 g/mol. The number of hydrogen-bond acceptors (Lipinski definition) is 7. The van der Waals surface area contributed by atoms with E-state index in [2.05, 4.69) is 31.3 Å². The highest BCUT2D eigenvalue weighted by Gasteiger charge is 2.70. The Kier molecular flexibility index (Phi) is 7.29. The van der Waals surface area contributed by atoms with Gasteiger partial charge in [-0.2, -0.15) is 0 Å². The number of allylic oxidation sites excluding steroid dienone is 4. The molecule has 2 saturated heterocycles. The van der Waals surface area contributed by atoms with Crippen molar-refractivity contribution in [3.63, 3.8) is 0 Å². The third-order valence-electron chi connectivity index (χ3n) is 12.8. The van der Waals surface area contributed by atoms with Gasteiger partial charge in [0.2, 0.25) is 0 Å². The maximum atomic E-state index is 14.4. The zero-order chi connectivity index (χ0) is 31.9. The Morgan fingerprint density at radius 3 is 2.43 bits per heavy atom. The van der Waals surface area contributed by atoms with Crippen LogP contribution in [0, 0.1) is 40.9 Å². The Morgan fingerprint density at radius 2 is 1.67 bits per heavy atom. The van der Waals surface area contributed by atoms with Crippen LogP contribution in [0.1, 0.15) is 84.5 Å². The van der Waals surface area contributed by atoms with Gasteiger partial charge in [-0.15, -0.1) is 0 Å². The number of fused-ring (bicyclic) bond motifs is 2. The molecule has 9 atom stereocenters. The first-order chi connectivity index (χ1) is 22.3. The molecule has 2 saturated carbocycles. The number of amides is 2. The summed E-state index contributed by atoms with van der Waals surface area (Å²) in [4.78, 5) is 56.2. The maximum absolute atomic E-state index is 14.4. The van der Waals surface area contributed by atoms with E-state index in [-0.39, 0.29) is 71.5 Å². The molecule has 5 aliphatic carbocycles. The number of cyclic esters (lactones) is 2. The van der Waals surface area contributed by atoms with Gasteiger partial charge in [-0.25, -0.2) is 9.59 Å². The van der Waals surface area contributed by atoms with E-state index in [1.54, 1.807) is 0 Å². The Bertz CT molecular complexity index is 1550. The van der Waals surface area contributed by atoms with E-state index in [0.717, 1.165) is 87.5 Å². The quantitative estimate of drug-likeness (QED) is 0.339. The first kappa shape index (κ1) is 30.1. The predicted octanol–water partition coefficient (Wildman–Crippen LogP) is 3.69. The van der Waals surface area contributed by atoms with Gasteiger partial charge in [-0.1, -0.05) is 26.7 Å². The Labute approximate surface area is 270 Å². The summed E-state index contributed by atoms with van der Waals surface area (Å²) in [5.41, 5.74) is 9.59. The minimum Gasteiger partial charge on any atom is -0.427 e. The molecular weight excluding hydrogens is 582 g/mol. The van der Waals surface area contributed by atoms with E-state index in [1.165, 1.54) is 17.1 Å². The van der Waals surface area contributed by atoms with Crippen LogP contribution >= 0.6 is 0 Å². The highest BCUT2D eigenvalue weighted by atomic mass is 16.5. The fourth-order valence-corrected chi connectivity index (χ4v) is 11.2. The van der Waals surface area contributed by atoms with Crippen molar-refractivity contribution in [2.45, 2.75) is 96.7 Å². The van der Waals surface area contributed by atoms with Crippen molar-refractivity contribution in [3.8, 4) is 0 Å². The third kappa shape index (κ3) is 4.06. The summed E-state index contributed by atoms with van der Waals surface area (Å²) in [5, 5.41) is 2.22. The number of quaternary nitrogens is 1. The molecule has 2 amide bonds. The van der Waals surface area contributed by atoms with E-state index >= 15 is 0 Å². The van der Waals surface area contributed by atoms with Gasteiger partial charge in [-0.3, -0.25) is 20.2 Å². The number of piperidine rings is 1. The van der Waals surface area contributed by atoms with Crippen molar-refractivity contribution in [1.82, 2.24) is 4.90 Å². The van der Waals surface area contributed by atoms with E-state index in [1.807, 2.05) is 0 Å². The monoisotopic (exact) mass is 628 g/mol. The minimum absolute atomic E-state index is 0.0552. The van der Waals surface area contributed by atoms with Crippen molar-refractivity contribution in [1.29, 1.82) is 0 Å². The Morgan fingerprint density at radius 1 is 0.913 bits per heavy atom. The van der Waals surface area contributed by atoms with Crippen LogP contribution in [-0.2, 0) is 28.7 Å². The molecule has 2 bridgehead atoms. The van der Waals surface area contributed by atoms with Crippen LogP contribution in [0.4, 0.5) is 0 Å². The number of esters is 2. The molecule has 9 nitrogen and oxygen atoms in total. The summed E-state index contributed by atoms with van der Waals surface area (Å²) >= 11 is 0. The van der Waals surface area contributed by atoms with Gasteiger partial charge >= 0.3 is 11.9 Å². The molecule has 4 aliphatic heterocycles. The molecule has 4 heterocycles. The van der Waals surface area contributed by atoms with Gasteiger partial charge in [0.1, 0.15) is 17.7 Å². The second-order valence-corrected chi connectivity index (χ2v) is 14.8. The van der Waals surface area contributed by atoms with Gasteiger partial charge in [0.25, 0.3) is 11.8 Å².